The van der Waals surface area contributed by atoms with Crippen molar-refractivity contribution in [3.05, 3.63) is 83.2 Å². The van der Waals surface area contributed by atoms with Gasteiger partial charge in [0.2, 0.25) is 0 Å². The minimum absolute atomic E-state index is 0.233. The molecule has 0 spiro atoms. The van der Waals surface area contributed by atoms with Crippen LogP contribution in [0.4, 0.5) is 9.59 Å². The molecule has 0 aromatic heterocycles. The molecule has 2 amide bonds. The van der Waals surface area contributed by atoms with Crippen molar-refractivity contribution in [2.24, 2.45) is 16.6 Å². The van der Waals surface area contributed by atoms with E-state index in [0.29, 0.717) is 31.0 Å². The van der Waals surface area contributed by atoms with E-state index in [2.05, 4.69) is 62.2 Å². The van der Waals surface area contributed by atoms with E-state index >= 15 is 0 Å². The minimum Gasteiger partial charge on any atom is -0.444 e. The summed E-state index contributed by atoms with van der Waals surface area (Å²) in [5.41, 5.74) is 9.73. The number of alkyl carbamates (subject to hydrolysis) is 1. The van der Waals surface area contributed by atoms with Crippen LogP contribution in [0.15, 0.2) is 72.0 Å². The van der Waals surface area contributed by atoms with Crippen LogP contribution in [-0.4, -0.2) is 60.8 Å². The molecule has 1 unspecified atom stereocenters. The zero-order valence-corrected chi connectivity index (χ0v) is 33.6. The molecule has 1 heterocycles. The normalized spacial score (nSPS) is 15.5. The third-order valence-corrected chi connectivity index (χ3v) is 9.63. The molecular formula is C41H64ClN5O4. The van der Waals surface area contributed by atoms with E-state index in [1.54, 1.807) is 19.6 Å². The summed E-state index contributed by atoms with van der Waals surface area (Å²) in [4.78, 5) is 32.2. The van der Waals surface area contributed by atoms with Gasteiger partial charge in [0.25, 0.3) is 0 Å². The van der Waals surface area contributed by atoms with Crippen LogP contribution in [0.3, 0.4) is 0 Å². The Morgan fingerprint density at radius 3 is 2.22 bits per heavy atom. The van der Waals surface area contributed by atoms with Gasteiger partial charge in [-0.05, 0) is 105 Å². The Hall–Kier alpha value is -3.98. The average molecular weight is 726 g/mol. The van der Waals surface area contributed by atoms with Gasteiger partial charge >= 0.3 is 12.2 Å². The molecule has 1 aromatic rings. The molecule has 1 atom stereocenters. The van der Waals surface area contributed by atoms with Crippen molar-refractivity contribution in [1.29, 1.82) is 0 Å². The van der Waals surface area contributed by atoms with E-state index in [1.807, 2.05) is 69.9 Å². The third kappa shape index (κ3) is 13.3. The molecule has 1 fully saturated rings. The fourth-order valence-electron chi connectivity index (χ4n) is 6.07. The summed E-state index contributed by atoms with van der Waals surface area (Å²) in [6.07, 6.45) is 12.1. The first-order valence-electron chi connectivity index (χ1n) is 18.2. The second-order valence-corrected chi connectivity index (χ2v) is 13.7. The molecule has 51 heavy (non-hydrogen) atoms. The van der Waals surface area contributed by atoms with Gasteiger partial charge in [-0.1, -0.05) is 96.5 Å². The number of hydrogen-bond acceptors (Lipinski definition) is 6. The van der Waals surface area contributed by atoms with Gasteiger partial charge in [-0.2, -0.15) is 0 Å². The number of allylic oxidation sites excluding steroid dienone is 3. The van der Waals surface area contributed by atoms with Gasteiger partial charge in [-0.25, -0.2) is 9.59 Å². The van der Waals surface area contributed by atoms with E-state index in [1.165, 1.54) is 17.3 Å². The lowest BCUT2D eigenvalue weighted by Crippen LogP contribution is -2.45. The number of carbonyl (C=O) groups excluding carboxylic acids is 2. The number of nitrogens with one attached hydrogen (secondary N) is 2. The van der Waals surface area contributed by atoms with Gasteiger partial charge in [0, 0.05) is 31.4 Å². The van der Waals surface area contributed by atoms with Crippen LogP contribution >= 0.6 is 11.6 Å². The van der Waals surface area contributed by atoms with E-state index in [0.717, 1.165) is 48.0 Å². The topological polar surface area (TPSA) is 118 Å². The largest absolute Gasteiger partial charge is 0.444 e. The number of halogens is 1. The molecule has 1 saturated heterocycles. The summed E-state index contributed by atoms with van der Waals surface area (Å²) in [5.74, 6) is 0.236. The van der Waals surface area contributed by atoms with Gasteiger partial charge in [0.1, 0.15) is 11.2 Å². The van der Waals surface area contributed by atoms with Crippen LogP contribution in [0, 0.1) is 5.92 Å². The summed E-state index contributed by atoms with van der Waals surface area (Å²) in [6, 6.07) is 5.34. The maximum atomic E-state index is 13.3. The molecular weight excluding hydrogens is 662 g/mol. The second kappa shape index (κ2) is 22.1. The Morgan fingerprint density at radius 1 is 1.08 bits per heavy atom. The Kier molecular flexibility index (Phi) is 19.5. The number of aliphatic imine (C=N–C) groups is 1. The monoisotopic (exact) mass is 725 g/mol. The minimum atomic E-state index is -0.615. The lowest BCUT2D eigenvalue weighted by molar-refractivity contribution is -0.0467. The Balaban J connectivity index is 0.00000246. The number of rotatable bonds is 11. The molecule has 0 bridgehead atoms. The number of likely N-dealkylation sites (tertiary alicyclic amines) is 1. The molecule has 10 heteroatoms. The van der Waals surface area contributed by atoms with Crippen molar-refractivity contribution in [2.75, 3.05) is 20.1 Å². The SMILES string of the molecule is C=C1C=C(C(/C=C/NC=NC)NC(=O)OC(C)(C)CC)c2cc(Cl)ccc2C(=C2CCN(C(=O)OC(CC)(CC)C(C)C)CC2)C1.C=CN.CC. The summed E-state index contributed by atoms with van der Waals surface area (Å²) >= 11 is 6.60. The maximum absolute atomic E-state index is 13.3. The van der Waals surface area contributed by atoms with Crippen LogP contribution in [0.2, 0.25) is 5.02 Å². The highest BCUT2D eigenvalue weighted by atomic mass is 35.5. The van der Waals surface area contributed by atoms with Crippen molar-refractivity contribution >= 4 is 41.3 Å². The van der Waals surface area contributed by atoms with Gasteiger partial charge in [-0.15, -0.1) is 0 Å². The van der Waals surface area contributed by atoms with Gasteiger partial charge in [-0.3, -0.25) is 4.99 Å². The number of fused-ring (bicyclic) bond motifs is 1. The number of nitrogens with zero attached hydrogens (tertiary/aromatic N) is 2. The number of carbonyl (C=O) groups is 2. The van der Waals surface area contributed by atoms with Crippen molar-refractivity contribution in [1.82, 2.24) is 15.5 Å². The standard InChI is InChI=1S/C37H53ClN4O4.C2H5N.C2H6/c1-10-36(7,8)45-34(43)41-33(15-18-40-24-39-9)32-22-26(6)21-30(29-14-13-28(38)23-31(29)32)27-16-19-42(20-17-27)35(44)46-37(11-2,12-3)25(4)5;1-2-3;1-2/h13-15,18,22-25,33H,6,10-12,16-17,19-21H2,1-5,7-9H3,(H,39,40)(H,41,43);2H,1,3H2;1-2H3/b18-15+;;. The predicted molar refractivity (Wildman–Crippen MR) is 216 cm³/mol. The van der Waals surface area contributed by atoms with Crippen LogP contribution in [0.25, 0.3) is 11.1 Å². The third-order valence-electron chi connectivity index (χ3n) is 9.39. The van der Waals surface area contributed by atoms with E-state index in [4.69, 9.17) is 21.1 Å². The summed E-state index contributed by atoms with van der Waals surface area (Å²) in [5, 5.41) is 6.65. The summed E-state index contributed by atoms with van der Waals surface area (Å²) in [7, 11) is 1.68. The fourth-order valence-corrected chi connectivity index (χ4v) is 6.24. The van der Waals surface area contributed by atoms with Gasteiger partial charge < -0.3 is 30.7 Å². The van der Waals surface area contributed by atoms with Crippen molar-refractivity contribution in [2.45, 2.75) is 118 Å². The van der Waals surface area contributed by atoms with Gasteiger partial charge in [0.05, 0.1) is 12.4 Å². The van der Waals surface area contributed by atoms with E-state index in [9.17, 15) is 9.59 Å². The number of ether oxygens (including phenoxy) is 2. The van der Waals surface area contributed by atoms with Crippen LogP contribution in [-0.2, 0) is 9.47 Å². The molecule has 4 N–H and O–H groups in total. The Morgan fingerprint density at radius 2 is 1.69 bits per heavy atom. The fraction of sp³-hybridized carbons (Fsp3) is 0.537. The quantitative estimate of drug-likeness (QED) is 0.154. The average Bonchev–Trinajstić information content (AvgIpc) is 3.25. The number of amides is 2. The molecule has 0 saturated carbocycles. The van der Waals surface area contributed by atoms with Crippen molar-refractivity contribution in [3.8, 4) is 0 Å². The highest BCUT2D eigenvalue weighted by Gasteiger charge is 2.36. The van der Waals surface area contributed by atoms with E-state index < -0.39 is 23.3 Å². The zero-order valence-electron chi connectivity index (χ0n) is 32.8. The molecule has 3 rings (SSSR count). The van der Waals surface area contributed by atoms with Crippen LogP contribution < -0.4 is 16.4 Å². The van der Waals surface area contributed by atoms with Crippen molar-refractivity contribution in [3.63, 3.8) is 0 Å². The maximum Gasteiger partial charge on any atom is 0.410 e. The molecule has 0 radical (unpaired) electrons. The molecule has 1 aliphatic carbocycles. The predicted octanol–water partition coefficient (Wildman–Crippen LogP) is 10.0. The first kappa shape index (κ1) is 45.0. The van der Waals surface area contributed by atoms with Crippen LogP contribution in [0.1, 0.15) is 112 Å². The molecule has 1 aliphatic heterocycles. The smallest absolute Gasteiger partial charge is 0.410 e. The number of hydrogen-bond donors (Lipinski definition) is 3. The Labute approximate surface area is 313 Å². The molecule has 284 valence electrons. The van der Waals surface area contributed by atoms with Crippen LogP contribution in [0.5, 0.6) is 0 Å². The summed E-state index contributed by atoms with van der Waals surface area (Å²) < 4.78 is 11.9. The second-order valence-electron chi connectivity index (χ2n) is 13.3. The highest BCUT2D eigenvalue weighted by molar-refractivity contribution is 6.30. The molecule has 1 aromatic carbocycles. The zero-order chi connectivity index (χ0) is 38.8. The lowest BCUT2D eigenvalue weighted by atomic mass is 9.85. The number of benzene rings is 1. The summed E-state index contributed by atoms with van der Waals surface area (Å²) in [6.45, 7) is 26.9. The molecule has 9 nitrogen and oxygen atoms in total. The highest BCUT2D eigenvalue weighted by Crippen LogP contribution is 2.41. The number of piperidine rings is 1. The lowest BCUT2D eigenvalue weighted by Gasteiger charge is -2.38. The Bertz CT molecular complexity index is 1430. The first-order chi connectivity index (χ1) is 24.2. The van der Waals surface area contributed by atoms with Crippen molar-refractivity contribution < 1.29 is 19.1 Å². The molecule has 2 aliphatic rings. The van der Waals surface area contributed by atoms with E-state index in [-0.39, 0.29) is 12.0 Å². The first-order valence-corrected chi connectivity index (χ1v) is 18.6. The van der Waals surface area contributed by atoms with Gasteiger partial charge in [0.15, 0.2) is 0 Å². The number of nitrogens with two attached hydrogens (primary N) is 1.